The molecule has 2 N–H and O–H groups in total. The average molecular weight is 418 g/mol. The highest BCUT2D eigenvalue weighted by Crippen LogP contribution is 2.35. The number of nitriles is 1. The van der Waals surface area contributed by atoms with Crippen molar-refractivity contribution >= 4 is 33.8 Å². The number of alkyl halides is 1. The van der Waals surface area contributed by atoms with E-state index < -0.39 is 12.1 Å². The van der Waals surface area contributed by atoms with Gasteiger partial charge in [-0.15, -0.1) is 0 Å². The van der Waals surface area contributed by atoms with Gasteiger partial charge in [-0.2, -0.15) is 5.26 Å². The molecule has 0 radical (unpaired) electrons. The minimum Gasteiger partial charge on any atom is -0.411 e. The van der Waals surface area contributed by atoms with Gasteiger partial charge in [-0.3, -0.25) is 4.79 Å². The third-order valence-electron chi connectivity index (χ3n) is 5.30. The molecule has 1 aromatic heterocycles. The number of halogens is 1. The van der Waals surface area contributed by atoms with Crippen molar-refractivity contribution < 1.29 is 14.4 Å². The molecule has 1 saturated carbocycles. The third-order valence-corrected chi connectivity index (χ3v) is 5.30. The molecule has 0 spiro atoms. The average Bonchev–Trinajstić information content (AvgIpc) is 3.49. The first-order valence-corrected chi connectivity index (χ1v) is 9.86. The van der Waals surface area contributed by atoms with Gasteiger partial charge < -0.3 is 10.5 Å². The van der Waals surface area contributed by atoms with Crippen LogP contribution in [0.25, 0.3) is 16.3 Å². The van der Waals surface area contributed by atoms with Gasteiger partial charge in [-0.1, -0.05) is 31.3 Å². The summed E-state index contributed by atoms with van der Waals surface area (Å²) in [6, 6.07) is 7.36. The van der Waals surface area contributed by atoms with Gasteiger partial charge in [0, 0.05) is 11.6 Å². The van der Waals surface area contributed by atoms with Gasteiger partial charge in [-0.05, 0) is 65.6 Å². The van der Waals surface area contributed by atoms with Crippen LogP contribution in [0.3, 0.4) is 0 Å². The molecule has 0 bridgehead atoms. The van der Waals surface area contributed by atoms with Crippen LogP contribution >= 0.6 is 0 Å². The molecule has 31 heavy (non-hydrogen) atoms. The number of carbonyl (C=O) groups is 1. The summed E-state index contributed by atoms with van der Waals surface area (Å²) in [6.45, 7) is 11.7. The molecule has 0 aliphatic heterocycles. The number of rotatable bonds is 7. The van der Waals surface area contributed by atoms with E-state index in [0.29, 0.717) is 40.2 Å². The van der Waals surface area contributed by atoms with Crippen molar-refractivity contribution in [1.29, 1.82) is 5.26 Å². The predicted octanol–water partition coefficient (Wildman–Crippen LogP) is 5.16. The number of oxime groups is 1. The summed E-state index contributed by atoms with van der Waals surface area (Å²) in [5.41, 5.74) is 3.50. The Morgan fingerprint density at radius 3 is 2.71 bits per heavy atom. The Morgan fingerprint density at radius 2 is 2.13 bits per heavy atom. The molecule has 1 aliphatic carbocycles. The normalized spacial score (nSPS) is 18.4. The smallest absolute Gasteiger partial charge is 0.231 e. The van der Waals surface area contributed by atoms with Crippen molar-refractivity contribution in [2.24, 2.45) is 11.1 Å². The van der Waals surface area contributed by atoms with E-state index in [2.05, 4.69) is 34.7 Å². The Balaban J connectivity index is 1.91. The molecule has 2 atom stereocenters. The van der Waals surface area contributed by atoms with Crippen molar-refractivity contribution in [2.45, 2.75) is 32.9 Å². The quantitative estimate of drug-likeness (QED) is 0.281. The zero-order chi connectivity index (χ0) is 22.7. The van der Waals surface area contributed by atoms with E-state index in [1.165, 1.54) is 0 Å². The van der Waals surface area contributed by atoms with Crippen molar-refractivity contribution in [3.05, 3.63) is 65.9 Å². The minimum absolute atomic E-state index is 0.243. The number of hydrogen-bond donors (Lipinski definition) is 2. The predicted molar refractivity (Wildman–Crippen MR) is 120 cm³/mol. The van der Waals surface area contributed by atoms with E-state index in [4.69, 9.17) is 5.21 Å². The number of pyridine rings is 1. The third kappa shape index (κ3) is 4.69. The van der Waals surface area contributed by atoms with E-state index in [-0.39, 0.29) is 12.3 Å². The van der Waals surface area contributed by atoms with Crippen molar-refractivity contribution in [2.75, 3.05) is 5.32 Å². The van der Waals surface area contributed by atoms with Crippen molar-refractivity contribution in [3.8, 4) is 6.07 Å². The maximum Gasteiger partial charge on any atom is 0.231 e. The number of carbonyl (C=O) groups excluding carboxylic acids is 1. The van der Waals surface area contributed by atoms with Crippen LogP contribution in [0.2, 0.25) is 0 Å². The molecule has 6 nitrogen and oxygen atoms in total. The minimum atomic E-state index is -1.08. The first kappa shape index (κ1) is 21.9. The Bertz CT molecular complexity index is 1190. The van der Waals surface area contributed by atoms with Gasteiger partial charge >= 0.3 is 0 Å². The lowest BCUT2D eigenvalue weighted by atomic mass is 9.92. The molecule has 1 fully saturated rings. The number of nitrogens with zero attached hydrogens (tertiary/aromatic N) is 3. The maximum absolute atomic E-state index is 13.1. The summed E-state index contributed by atoms with van der Waals surface area (Å²) in [5, 5.41) is 26.1. The summed E-state index contributed by atoms with van der Waals surface area (Å²) in [4.78, 5) is 16.2. The topological polar surface area (TPSA) is 98.4 Å². The first-order valence-electron chi connectivity index (χ1n) is 9.86. The van der Waals surface area contributed by atoms with Crippen LogP contribution in [0.4, 0.5) is 10.2 Å². The Labute approximate surface area is 180 Å². The van der Waals surface area contributed by atoms with Crippen LogP contribution in [0.15, 0.2) is 59.9 Å². The Hall–Kier alpha value is -3.79. The molecular formula is C24H23FN4O2. The number of anilines is 1. The van der Waals surface area contributed by atoms with Gasteiger partial charge in [0.15, 0.2) is 0 Å². The Morgan fingerprint density at radius 1 is 1.42 bits per heavy atom. The van der Waals surface area contributed by atoms with Gasteiger partial charge in [0.1, 0.15) is 12.0 Å². The fourth-order valence-corrected chi connectivity index (χ4v) is 3.26. The highest BCUT2D eigenvalue weighted by atomic mass is 19.1. The van der Waals surface area contributed by atoms with Crippen LogP contribution in [0.1, 0.15) is 37.8 Å². The molecule has 1 aliphatic rings. The summed E-state index contributed by atoms with van der Waals surface area (Å²) in [5.74, 6) is -0.676. The zero-order valence-corrected chi connectivity index (χ0v) is 17.4. The van der Waals surface area contributed by atoms with Crippen LogP contribution in [0.5, 0.6) is 0 Å². The lowest BCUT2D eigenvalue weighted by Crippen LogP contribution is -2.15. The molecule has 0 unspecified atom stereocenters. The fourth-order valence-electron chi connectivity index (χ4n) is 3.26. The number of nitrogens with one attached hydrogen (secondary N) is 1. The van der Waals surface area contributed by atoms with E-state index in [1.807, 2.05) is 19.9 Å². The van der Waals surface area contributed by atoms with Gasteiger partial charge in [0.2, 0.25) is 5.91 Å². The lowest BCUT2D eigenvalue weighted by Gasteiger charge is -2.12. The van der Waals surface area contributed by atoms with E-state index in [0.717, 1.165) is 16.3 Å². The summed E-state index contributed by atoms with van der Waals surface area (Å²) in [6.07, 6.45) is 3.05. The van der Waals surface area contributed by atoms with Crippen molar-refractivity contribution in [3.63, 3.8) is 0 Å². The van der Waals surface area contributed by atoms with Crippen LogP contribution in [0, 0.1) is 17.2 Å². The number of benzene rings is 1. The second-order valence-corrected chi connectivity index (χ2v) is 7.51. The SMILES string of the molecule is C=C(/C=C(/C)C(=C)c1cc2cnc(NC(=O)[C@@H]3C[C@@H]3F)cc2cc1C#N)/C(CC)=N/O. The highest BCUT2D eigenvalue weighted by Gasteiger charge is 2.43. The second kappa shape index (κ2) is 8.92. The van der Waals surface area contributed by atoms with Crippen LogP contribution in [-0.2, 0) is 4.79 Å². The summed E-state index contributed by atoms with van der Waals surface area (Å²) >= 11 is 0. The van der Waals surface area contributed by atoms with Gasteiger partial charge in [0.25, 0.3) is 0 Å². The van der Waals surface area contributed by atoms with Crippen molar-refractivity contribution in [1.82, 2.24) is 4.98 Å². The van der Waals surface area contributed by atoms with Crippen LogP contribution < -0.4 is 5.32 Å². The molecule has 158 valence electrons. The highest BCUT2D eigenvalue weighted by molar-refractivity contribution is 6.02. The standard InChI is InChI=1S/C24H23FN4O2/c1-5-22(29-31)14(3)6-13(2)15(4)19-8-18-12-27-23(9-16(18)7-17(19)11-26)28-24(30)20-10-21(20)25/h6-9,12,20-21,31H,3-5,10H2,1-2H3,(H,27,28,30)/b13-6-,29-22+/t20-,21+/m1/s1. The zero-order valence-electron chi connectivity index (χ0n) is 17.4. The molecule has 1 amide bonds. The molecule has 3 rings (SSSR count). The van der Waals surface area contributed by atoms with Gasteiger partial charge in [0.05, 0.1) is 23.3 Å². The molecule has 2 aromatic rings. The molecule has 1 aromatic carbocycles. The lowest BCUT2D eigenvalue weighted by molar-refractivity contribution is -0.117. The number of aromatic nitrogens is 1. The number of fused-ring (bicyclic) bond motifs is 1. The molecular weight excluding hydrogens is 395 g/mol. The fraction of sp³-hybridized carbons (Fsp3) is 0.250. The summed E-state index contributed by atoms with van der Waals surface area (Å²) in [7, 11) is 0. The molecule has 1 heterocycles. The van der Waals surface area contributed by atoms with Crippen LogP contribution in [-0.4, -0.2) is 28.0 Å². The molecule has 0 saturated heterocycles. The first-order chi connectivity index (χ1) is 14.8. The number of allylic oxidation sites excluding steroid dienone is 4. The monoisotopic (exact) mass is 418 g/mol. The number of hydrogen-bond acceptors (Lipinski definition) is 5. The number of amides is 1. The van der Waals surface area contributed by atoms with Gasteiger partial charge in [-0.25, -0.2) is 9.37 Å². The van der Waals surface area contributed by atoms with E-state index in [1.54, 1.807) is 24.4 Å². The largest absolute Gasteiger partial charge is 0.411 e. The van der Waals surface area contributed by atoms with E-state index >= 15 is 0 Å². The maximum atomic E-state index is 13.1. The molecule has 7 heteroatoms. The Kier molecular flexibility index (Phi) is 6.30. The van der Waals surface area contributed by atoms with E-state index in [9.17, 15) is 14.4 Å². The summed E-state index contributed by atoms with van der Waals surface area (Å²) < 4.78 is 13.1. The second-order valence-electron chi connectivity index (χ2n) is 7.51.